The lowest BCUT2D eigenvalue weighted by molar-refractivity contribution is 0.528. The van der Waals surface area contributed by atoms with Crippen LogP contribution in [0.3, 0.4) is 0 Å². The van der Waals surface area contributed by atoms with Gasteiger partial charge in [-0.25, -0.2) is 0 Å². The normalized spacial score (nSPS) is 15.5. The molecule has 0 saturated carbocycles. The van der Waals surface area contributed by atoms with Gasteiger partial charge in [0, 0.05) is 34.8 Å². The quantitative estimate of drug-likeness (QED) is 0.821. The van der Waals surface area contributed by atoms with Gasteiger partial charge in [-0.3, -0.25) is 8.89 Å². The Kier molecular flexibility index (Phi) is 4.47. The van der Waals surface area contributed by atoms with Crippen molar-refractivity contribution in [2.75, 3.05) is 5.75 Å². The van der Waals surface area contributed by atoms with Crippen LogP contribution in [0.25, 0.3) is 0 Å². The fourth-order valence-corrected chi connectivity index (χ4v) is 2.45. The highest BCUT2D eigenvalue weighted by Crippen LogP contribution is 2.06. The van der Waals surface area contributed by atoms with E-state index >= 15 is 0 Å². The van der Waals surface area contributed by atoms with E-state index in [0.29, 0.717) is 17.5 Å². The first-order valence-electron chi connectivity index (χ1n) is 5.13. The van der Waals surface area contributed by atoms with E-state index in [0.717, 1.165) is 5.69 Å². The van der Waals surface area contributed by atoms with Crippen molar-refractivity contribution >= 4 is 10.8 Å². The molecule has 4 nitrogen and oxygen atoms in total. The molecule has 0 aliphatic rings. The van der Waals surface area contributed by atoms with Crippen molar-refractivity contribution in [3.8, 4) is 0 Å². The van der Waals surface area contributed by atoms with E-state index in [1.54, 1.807) is 0 Å². The van der Waals surface area contributed by atoms with Crippen LogP contribution in [0, 0.1) is 0 Å². The molecule has 0 saturated heterocycles. The topological polar surface area (TPSA) is 60.9 Å². The molecule has 1 aromatic rings. The van der Waals surface area contributed by atoms with E-state index in [2.05, 4.69) is 18.9 Å². The lowest BCUT2D eigenvalue weighted by atomic mass is 10.4. The first-order valence-corrected chi connectivity index (χ1v) is 6.62. The monoisotopic (exact) mass is 229 g/mol. The van der Waals surface area contributed by atoms with Gasteiger partial charge in [0.15, 0.2) is 0 Å². The first kappa shape index (κ1) is 12.4. The van der Waals surface area contributed by atoms with Gasteiger partial charge < -0.3 is 5.73 Å². The molecule has 0 aliphatic heterocycles. The summed E-state index contributed by atoms with van der Waals surface area (Å²) in [6.45, 7) is 6.00. The molecule has 2 N–H and O–H groups in total. The van der Waals surface area contributed by atoms with Crippen molar-refractivity contribution in [2.24, 2.45) is 5.73 Å². The average molecular weight is 229 g/mol. The number of aromatic nitrogens is 2. The van der Waals surface area contributed by atoms with Crippen molar-refractivity contribution in [1.29, 1.82) is 0 Å². The smallest absolute Gasteiger partial charge is 0.0749 e. The van der Waals surface area contributed by atoms with Gasteiger partial charge in [-0.1, -0.05) is 0 Å². The predicted molar refractivity (Wildman–Crippen MR) is 63.0 cm³/mol. The van der Waals surface area contributed by atoms with Gasteiger partial charge in [-0.05, 0) is 26.8 Å². The summed E-state index contributed by atoms with van der Waals surface area (Å²) in [5, 5.41) is 4.34. The SMILES string of the molecule is CC(N)CS(=O)Cc1ccn(C(C)C)n1. The third kappa shape index (κ3) is 4.13. The van der Waals surface area contributed by atoms with Gasteiger partial charge in [0.25, 0.3) is 0 Å². The molecular formula is C10H19N3OS. The van der Waals surface area contributed by atoms with E-state index in [1.807, 2.05) is 23.9 Å². The molecule has 0 fully saturated rings. The fraction of sp³-hybridized carbons (Fsp3) is 0.700. The molecule has 0 bridgehead atoms. The lowest BCUT2D eigenvalue weighted by Gasteiger charge is -2.05. The predicted octanol–water partition coefficient (Wildman–Crippen LogP) is 1.06. The molecule has 1 heterocycles. The molecule has 1 aromatic heterocycles. The molecule has 0 radical (unpaired) electrons. The van der Waals surface area contributed by atoms with Crippen molar-refractivity contribution in [3.05, 3.63) is 18.0 Å². The van der Waals surface area contributed by atoms with Crippen LogP contribution in [0.2, 0.25) is 0 Å². The van der Waals surface area contributed by atoms with Gasteiger partial charge >= 0.3 is 0 Å². The summed E-state index contributed by atoms with van der Waals surface area (Å²) in [6, 6.07) is 2.25. The summed E-state index contributed by atoms with van der Waals surface area (Å²) in [5.41, 5.74) is 6.46. The zero-order valence-corrected chi connectivity index (χ0v) is 10.3. The second kappa shape index (κ2) is 5.42. The molecular weight excluding hydrogens is 210 g/mol. The van der Waals surface area contributed by atoms with Crippen LogP contribution in [-0.4, -0.2) is 25.8 Å². The van der Waals surface area contributed by atoms with Crippen LogP contribution < -0.4 is 5.73 Å². The maximum absolute atomic E-state index is 11.6. The molecule has 2 atom stereocenters. The van der Waals surface area contributed by atoms with Gasteiger partial charge in [-0.15, -0.1) is 0 Å². The molecule has 15 heavy (non-hydrogen) atoms. The lowest BCUT2D eigenvalue weighted by Crippen LogP contribution is -2.23. The Bertz CT molecular complexity index is 333. The Morgan fingerprint density at radius 1 is 1.53 bits per heavy atom. The largest absolute Gasteiger partial charge is 0.327 e. The maximum Gasteiger partial charge on any atom is 0.0749 e. The van der Waals surface area contributed by atoms with Crippen LogP contribution in [-0.2, 0) is 16.6 Å². The Morgan fingerprint density at radius 3 is 2.67 bits per heavy atom. The fourth-order valence-electron chi connectivity index (χ4n) is 1.26. The van der Waals surface area contributed by atoms with Crippen LogP contribution in [0.4, 0.5) is 0 Å². The number of nitrogens with two attached hydrogens (primary N) is 1. The minimum atomic E-state index is -0.902. The highest BCUT2D eigenvalue weighted by molar-refractivity contribution is 7.84. The summed E-state index contributed by atoms with van der Waals surface area (Å²) in [6.07, 6.45) is 1.92. The Balaban J connectivity index is 2.53. The van der Waals surface area contributed by atoms with E-state index in [1.165, 1.54) is 0 Å². The third-order valence-electron chi connectivity index (χ3n) is 1.95. The third-order valence-corrected chi connectivity index (χ3v) is 3.47. The molecule has 0 spiro atoms. The first-order chi connectivity index (χ1) is 6.99. The summed E-state index contributed by atoms with van der Waals surface area (Å²) in [7, 11) is -0.902. The molecule has 5 heteroatoms. The van der Waals surface area contributed by atoms with E-state index in [-0.39, 0.29) is 6.04 Å². The second-order valence-corrected chi connectivity index (χ2v) is 5.61. The molecule has 2 unspecified atom stereocenters. The van der Waals surface area contributed by atoms with Gasteiger partial charge in [0.05, 0.1) is 11.4 Å². The van der Waals surface area contributed by atoms with Crippen molar-refractivity contribution in [2.45, 2.75) is 38.6 Å². The minimum Gasteiger partial charge on any atom is -0.327 e. The molecule has 1 rings (SSSR count). The van der Waals surface area contributed by atoms with E-state index in [9.17, 15) is 4.21 Å². The Morgan fingerprint density at radius 2 is 2.20 bits per heavy atom. The highest BCUT2D eigenvalue weighted by Gasteiger charge is 2.08. The molecule has 0 amide bonds. The molecule has 0 aromatic carbocycles. The summed E-state index contributed by atoms with van der Waals surface area (Å²) < 4.78 is 13.5. The second-order valence-electron chi connectivity index (χ2n) is 4.11. The van der Waals surface area contributed by atoms with Crippen LogP contribution in [0.5, 0.6) is 0 Å². The zero-order chi connectivity index (χ0) is 11.4. The zero-order valence-electron chi connectivity index (χ0n) is 9.51. The van der Waals surface area contributed by atoms with E-state index in [4.69, 9.17) is 5.73 Å². The average Bonchev–Trinajstić information content (AvgIpc) is 2.50. The Hall–Kier alpha value is -0.680. The minimum absolute atomic E-state index is 0.0157. The standard InChI is InChI=1S/C10H19N3OS/c1-8(2)13-5-4-10(12-13)7-15(14)6-9(3)11/h4-5,8-9H,6-7,11H2,1-3H3. The maximum atomic E-state index is 11.6. The van der Waals surface area contributed by atoms with Gasteiger partial charge in [0.2, 0.25) is 0 Å². The van der Waals surface area contributed by atoms with Crippen LogP contribution in [0.1, 0.15) is 32.5 Å². The van der Waals surface area contributed by atoms with E-state index < -0.39 is 10.8 Å². The summed E-state index contributed by atoms with van der Waals surface area (Å²) in [5.74, 6) is 1.04. The Labute approximate surface area is 93.3 Å². The van der Waals surface area contributed by atoms with Crippen molar-refractivity contribution in [1.82, 2.24) is 9.78 Å². The van der Waals surface area contributed by atoms with Crippen molar-refractivity contribution < 1.29 is 4.21 Å². The summed E-state index contributed by atoms with van der Waals surface area (Å²) in [4.78, 5) is 0. The summed E-state index contributed by atoms with van der Waals surface area (Å²) >= 11 is 0. The van der Waals surface area contributed by atoms with Crippen LogP contribution in [0.15, 0.2) is 12.3 Å². The van der Waals surface area contributed by atoms with Gasteiger partial charge in [-0.2, -0.15) is 5.10 Å². The highest BCUT2D eigenvalue weighted by atomic mass is 32.2. The number of nitrogens with zero attached hydrogens (tertiary/aromatic N) is 2. The number of hydrogen-bond donors (Lipinski definition) is 1. The van der Waals surface area contributed by atoms with Crippen LogP contribution >= 0.6 is 0 Å². The molecule has 0 aliphatic carbocycles. The molecule has 86 valence electrons. The van der Waals surface area contributed by atoms with Crippen molar-refractivity contribution in [3.63, 3.8) is 0 Å². The number of hydrogen-bond acceptors (Lipinski definition) is 3. The number of rotatable bonds is 5. The van der Waals surface area contributed by atoms with Gasteiger partial charge in [0.1, 0.15) is 0 Å².